The number of hydrogen-bond acceptors (Lipinski definition) is 3. The molecule has 33 heavy (non-hydrogen) atoms. The zero-order valence-corrected chi connectivity index (χ0v) is 18.8. The number of aryl methyl sites for hydroxylation is 1. The van der Waals surface area contributed by atoms with Gasteiger partial charge in [-0.1, -0.05) is 11.6 Å². The minimum atomic E-state index is 0.273. The van der Waals surface area contributed by atoms with Gasteiger partial charge in [0, 0.05) is 55.6 Å². The summed E-state index contributed by atoms with van der Waals surface area (Å²) in [6, 6.07) is 13.7. The molecule has 7 heteroatoms. The van der Waals surface area contributed by atoms with E-state index in [1.54, 1.807) is 12.3 Å². The minimum absolute atomic E-state index is 0.273. The van der Waals surface area contributed by atoms with E-state index in [0.29, 0.717) is 0 Å². The largest absolute Gasteiger partial charge is 0.508 e. The molecule has 6 aromatic rings. The van der Waals surface area contributed by atoms with Crippen molar-refractivity contribution in [1.29, 1.82) is 0 Å². The number of unbranched alkanes of at least 4 members (excludes halogenated alkanes) is 1. The number of halogens is 1. The van der Waals surface area contributed by atoms with E-state index < -0.39 is 0 Å². The summed E-state index contributed by atoms with van der Waals surface area (Å²) in [5.41, 5.74) is 5.66. The summed E-state index contributed by atoms with van der Waals surface area (Å²) in [6.45, 7) is 1.68. The molecule has 0 unspecified atom stereocenters. The van der Waals surface area contributed by atoms with Crippen molar-refractivity contribution in [3.63, 3.8) is 0 Å². The number of nitrogens with zero attached hydrogens (tertiary/aromatic N) is 1. The van der Waals surface area contributed by atoms with Crippen molar-refractivity contribution in [1.82, 2.24) is 25.3 Å². The van der Waals surface area contributed by atoms with Crippen LogP contribution in [0.1, 0.15) is 24.2 Å². The Bertz CT molecular complexity index is 1500. The first kappa shape index (κ1) is 20.1. The molecule has 0 bridgehead atoms. The lowest BCUT2D eigenvalue weighted by Crippen LogP contribution is -2.15. The third-order valence-corrected chi connectivity index (χ3v) is 6.63. The van der Waals surface area contributed by atoms with Gasteiger partial charge in [-0.05, 0) is 68.3 Å². The van der Waals surface area contributed by atoms with E-state index in [-0.39, 0.29) is 5.75 Å². The number of H-pyrrole nitrogens is 3. The third kappa shape index (κ3) is 3.61. The van der Waals surface area contributed by atoms with Crippen LogP contribution in [0, 0.1) is 0 Å². The van der Waals surface area contributed by atoms with Gasteiger partial charge in [0.05, 0.1) is 17.6 Å². The lowest BCUT2D eigenvalue weighted by Gasteiger charge is -2.07. The maximum atomic E-state index is 10.1. The molecule has 0 aliphatic carbocycles. The van der Waals surface area contributed by atoms with Crippen molar-refractivity contribution in [3.8, 4) is 5.75 Å². The molecule has 0 atom stereocenters. The number of imidazole rings is 1. The maximum absolute atomic E-state index is 10.1. The number of hydrogen-bond donors (Lipinski definition) is 5. The van der Waals surface area contributed by atoms with Crippen molar-refractivity contribution in [2.24, 2.45) is 0 Å². The zero-order chi connectivity index (χ0) is 22.4. The van der Waals surface area contributed by atoms with Gasteiger partial charge in [-0.15, -0.1) is 0 Å². The monoisotopic (exact) mass is 457 g/mol. The molecular formula is C26H24ClN5O. The van der Waals surface area contributed by atoms with Crippen molar-refractivity contribution in [2.45, 2.75) is 25.8 Å². The zero-order valence-electron chi connectivity index (χ0n) is 18.0. The highest BCUT2D eigenvalue weighted by molar-refractivity contribution is 6.32. The summed E-state index contributed by atoms with van der Waals surface area (Å²) in [6.07, 6.45) is 6.67. The number of fused-ring (bicyclic) bond motifs is 6. The summed E-state index contributed by atoms with van der Waals surface area (Å²) in [7, 11) is 0. The number of aromatic amines is 3. The molecule has 3 aromatic carbocycles. The second-order valence-corrected chi connectivity index (χ2v) is 8.98. The molecule has 6 nitrogen and oxygen atoms in total. The highest BCUT2D eigenvalue weighted by atomic mass is 35.5. The van der Waals surface area contributed by atoms with Gasteiger partial charge in [0.15, 0.2) is 0 Å². The fourth-order valence-electron chi connectivity index (χ4n) is 4.83. The van der Waals surface area contributed by atoms with E-state index in [4.69, 9.17) is 11.6 Å². The van der Waals surface area contributed by atoms with Crippen LogP contribution in [0.15, 0.2) is 54.9 Å². The van der Waals surface area contributed by atoms with Gasteiger partial charge < -0.3 is 25.4 Å². The van der Waals surface area contributed by atoms with Gasteiger partial charge in [-0.25, -0.2) is 4.98 Å². The van der Waals surface area contributed by atoms with Crippen molar-refractivity contribution in [2.75, 3.05) is 6.54 Å². The van der Waals surface area contributed by atoms with E-state index >= 15 is 0 Å². The number of phenols is 1. The summed E-state index contributed by atoms with van der Waals surface area (Å²) in [5.74, 6) is 1.23. The van der Waals surface area contributed by atoms with E-state index in [9.17, 15) is 5.11 Å². The molecule has 0 saturated heterocycles. The Morgan fingerprint density at radius 2 is 1.64 bits per heavy atom. The molecule has 3 aromatic heterocycles. The number of phenolic OH excluding ortho intramolecular Hbond substituents is 1. The van der Waals surface area contributed by atoms with Crippen LogP contribution in [0.3, 0.4) is 0 Å². The number of benzene rings is 3. The Morgan fingerprint density at radius 1 is 0.879 bits per heavy atom. The number of nitrogens with one attached hydrogen (secondary N) is 4. The van der Waals surface area contributed by atoms with Gasteiger partial charge in [0.25, 0.3) is 0 Å². The van der Waals surface area contributed by atoms with E-state index in [1.165, 1.54) is 5.56 Å². The molecule has 0 radical (unpaired) electrons. The highest BCUT2D eigenvalue weighted by Gasteiger charge is 2.16. The molecule has 0 amide bonds. The Kier molecular flexibility index (Phi) is 4.97. The Hall–Kier alpha value is -3.48. The maximum Gasteiger partial charge on any atom is 0.120 e. The summed E-state index contributed by atoms with van der Waals surface area (Å²) >= 11 is 6.33. The van der Waals surface area contributed by atoms with Gasteiger partial charge in [-0.2, -0.15) is 0 Å². The van der Waals surface area contributed by atoms with Crippen LogP contribution in [-0.4, -0.2) is 31.6 Å². The predicted molar refractivity (Wildman–Crippen MR) is 135 cm³/mol. The summed E-state index contributed by atoms with van der Waals surface area (Å²) < 4.78 is 0. The van der Waals surface area contributed by atoms with E-state index in [2.05, 4.69) is 31.3 Å². The lowest BCUT2D eigenvalue weighted by atomic mass is 9.99. The quantitative estimate of drug-likeness (QED) is 0.186. The summed E-state index contributed by atoms with van der Waals surface area (Å²) in [5, 5.41) is 18.7. The van der Waals surface area contributed by atoms with Crippen LogP contribution >= 0.6 is 11.6 Å². The highest BCUT2D eigenvalue weighted by Crippen LogP contribution is 2.38. The normalized spacial score (nSPS) is 12.0. The second-order valence-electron chi connectivity index (χ2n) is 8.54. The van der Waals surface area contributed by atoms with Crippen LogP contribution < -0.4 is 5.32 Å². The van der Waals surface area contributed by atoms with Crippen molar-refractivity contribution >= 4 is 55.2 Å². The molecule has 0 aliphatic rings. The Labute approximate surface area is 195 Å². The van der Waals surface area contributed by atoms with Gasteiger partial charge >= 0.3 is 0 Å². The van der Waals surface area contributed by atoms with Gasteiger partial charge in [-0.3, -0.25) is 0 Å². The fraction of sp³-hybridized carbons (Fsp3) is 0.192. The topological polar surface area (TPSA) is 92.5 Å². The molecule has 0 saturated carbocycles. The smallest absolute Gasteiger partial charge is 0.120 e. The first-order valence-corrected chi connectivity index (χ1v) is 11.6. The number of aromatic nitrogens is 4. The molecule has 0 aliphatic heterocycles. The summed E-state index contributed by atoms with van der Waals surface area (Å²) in [4.78, 5) is 14.6. The molecule has 3 heterocycles. The van der Waals surface area contributed by atoms with Crippen LogP contribution in [0.5, 0.6) is 5.75 Å². The molecule has 166 valence electrons. The standard InChI is InChI=1S/C26H24ClN5O/c27-15-4-6-22-18(11-15)20-13-21-19-12-16(33)5-7-23(19)32-26(21)17(25(20)31-22)3-1-2-8-28-14-24-29-9-10-30-24/h4-7,9-13,28,31-33H,1-3,8,14H2,(H,29,30). The number of rotatable bonds is 7. The van der Waals surface area contributed by atoms with Crippen LogP contribution in [0.25, 0.3) is 43.6 Å². The average Bonchev–Trinajstić information content (AvgIpc) is 3.53. The predicted octanol–water partition coefficient (Wildman–Crippen LogP) is 6.15. The molecule has 6 rings (SSSR count). The molecule has 0 fully saturated rings. The van der Waals surface area contributed by atoms with Crippen LogP contribution in [-0.2, 0) is 13.0 Å². The van der Waals surface area contributed by atoms with Crippen molar-refractivity contribution in [3.05, 3.63) is 71.3 Å². The molecule has 5 N–H and O–H groups in total. The fourth-order valence-corrected chi connectivity index (χ4v) is 5.01. The van der Waals surface area contributed by atoms with Crippen molar-refractivity contribution < 1.29 is 5.11 Å². The van der Waals surface area contributed by atoms with Gasteiger partial charge in [0.1, 0.15) is 11.6 Å². The average molecular weight is 458 g/mol. The minimum Gasteiger partial charge on any atom is -0.508 e. The first-order valence-electron chi connectivity index (χ1n) is 11.2. The van der Waals surface area contributed by atoms with Crippen LogP contribution in [0.4, 0.5) is 0 Å². The van der Waals surface area contributed by atoms with E-state index in [0.717, 1.165) is 86.8 Å². The molecular weight excluding hydrogens is 434 g/mol. The number of aromatic hydroxyl groups is 1. The SMILES string of the molecule is Oc1ccc2[nH]c3c(CCCCNCc4ncc[nH]4)c4[nH]c5ccc(Cl)cc5c4cc3c2c1. The lowest BCUT2D eigenvalue weighted by molar-refractivity contribution is 0.476. The van der Waals surface area contributed by atoms with Gasteiger partial charge in [0.2, 0.25) is 0 Å². The van der Waals surface area contributed by atoms with E-state index in [1.807, 2.05) is 36.5 Å². The Balaban J connectivity index is 1.38. The Morgan fingerprint density at radius 3 is 2.39 bits per heavy atom. The first-order chi connectivity index (χ1) is 16.2. The van der Waals surface area contributed by atoms with Crippen LogP contribution in [0.2, 0.25) is 5.02 Å². The second kappa shape index (κ2) is 8.14. The molecule has 0 spiro atoms. The third-order valence-electron chi connectivity index (χ3n) is 6.39.